The number of rotatable bonds is 5. The van der Waals surface area contributed by atoms with E-state index >= 15 is 0 Å². The Hall–Kier alpha value is -1.93. The molecule has 1 aliphatic carbocycles. The van der Waals surface area contributed by atoms with Crippen LogP contribution in [0, 0.1) is 5.92 Å². The summed E-state index contributed by atoms with van der Waals surface area (Å²) in [6.45, 7) is 1.75. The van der Waals surface area contributed by atoms with Gasteiger partial charge in [-0.15, -0.1) is 0 Å². The Bertz CT molecular complexity index is 708. The van der Waals surface area contributed by atoms with Crippen LogP contribution in [0.4, 0.5) is 14.5 Å². The summed E-state index contributed by atoms with van der Waals surface area (Å²) in [5.41, 5.74) is 0.481. The number of carbonyl (C=O) groups is 2. The third-order valence-electron chi connectivity index (χ3n) is 4.61. The van der Waals surface area contributed by atoms with Crippen molar-refractivity contribution in [3.63, 3.8) is 0 Å². The molecule has 0 spiro atoms. The largest absolute Gasteiger partial charge is 0.495 e. The monoisotopic (exact) mass is 387 g/mol. The van der Waals surface area contributed by atoms with Crippen molar-refractivity contribution in [1.82, 2.24) is 9.80 Å². The van der Waals surface area contributed by atoms with E-state index < -0.39 is 17.7 Å². The summed E-state index contributed by atoms with van der Waals surface area (Å²) >= 11 is 5.94. The summed E-state index contributed by atoms with van der Waals surface area (Å²) in [6.07, 6.45) is -0.351. The average Bonchev–Trinajstić information content (AvgIpc) is 3.23. The molecule has 0 bridgehead atoms. The first kappa shape index (κ1) is 18.8. The summed E-state index contributed by atoms with van der Waals surface area (Å²) in [5, 5.41) is 3.23. The lowest BCUT2D eigenvalue weighted by Crippen LogP contribution is -2.51. The fourth-order valence-corrected chi connectivity index (χ4v) is 3.17. The standard InChI is InChI=1S/C17H20ClF2N3O3/c1-26-14-3-2-11(18)8-13(14)21-15(24)10-22-4-6-23(7-5-22)16(25)12-9-17(12,19)20/h2-3,8,12H,4-7,9-10H2,1H3,(H,21,24). The van der Waals surface area contributed by atoms with Crippen LogP contribution in [0.15, 0.2) is 18.2 Å². The van der Waals surface area contributed by atoms with Crippen molar-refractivity contribution in [3.05, 3.63) is 23.2 Å². The van der Waals surface area contributed by atoms with E-state index in [1.165, 1.54) is 12.0 Å². The fourth-order valence-electron chi connectivity index (χ4n) is 3.00. The van der Waals surface area contributed by atoms with E-state index in [4.69, 9.17) is 16.3 Å². The summed E-state index contributed by atoms with van der Waals surface area (Å²) in [7, 11) is 1.50. The molecule has 1 unspecified atom stereocenters. The maximum atomic E-state index is 13.0. The third-order valence-corrected chi connectivity index (χ3v) is 4.85. The van der Waals surface area contributed by atoms with Crippen molar-refractivity contribution in [3.8, 4) is 5.75 Å². The molecule has 0 aromatic heterocycles. The Morgan fingerprint density at radius 3 is 2.54 bits per heavy atom. The van der Waals surface area contributed by atoms with Gasteiger partial charge in [0.1, 0.15) is 11.7 Å². The van der Waals surface area contributed by atoms with Gasteiger partial charge in [-0.05, 0) is 18.2 Å². The lowest BCUT2D eigenvalue weighted by atomic mass is 10.2. The molecule has 1 aliphatic heterocycles. The van der Waals surface area contributed by atoms with E-state index in [1.807, 2.05) is 4.90 Å². The summed E-state index contributed by atoms with van der Waals surface area (Å²) in [5.74, 6) is -4.22. The summed E-state index contributed by atoms with van der Waals surface area (Å²) in [4.78, 5) is 27.6. The van der Waals surface area contributed by atoms with Crippen LogP contribution in [0.1, 0.15) is 6.42 Å². The molecule has 26 heavy (non-hydrogen) atoms. The van der Waals surface area contributed by atoms with E-state index in [0.29, 0.717) is 42.6 Å². The van der Waals surface area contributed by atoms with E-state index in [2.05, 4.69) is 5.32 Å². The number of halogens is 3. The van der Waals surface area contributed by atoms with Gasteiger partial charge in [0.05, 0.1) is 19.3 Å². The number of ether oxygens (including phenoxy) is 1. The van der Waals surface area contributed by atoms with Gasteiger partial charge in [-0.25, -0.2) is 8.78 Å². The predicted octanol–water partition coefficient (Wildman–Crippen LogP) is 2.09. The molecular weight excluding hydrogens is 368 g/mol. The number of hydrogen-bond donors (Lipinski definition) is 1. The fraction of sp³-hybridized carbons (Fsp3) is 0.529. The highest BCUT2D eigenvalue weighted by molar-refractivity contribution is 6.31. The molecule has 9 heteroatoms. The zero-order valence-corrected chi connectivity index (χ0v) is 15.1. The summed E-state index contributed by atoms with van der Waals surface area (Å²) < 4.78 is 31.2. The van der Waals surface area contributed by atoms with Crippen molar-refractivity contribution < 1.29 is 23.1 Å². The average molecular weight is 388 g/mol. The first-order chi connectivity index (χ1) is 12.3. The maximum absolute atomic E-state index is 13.0. The van der Waals surface area contributed by atoms with Crippen molar-refractivity contribution in [1.29, 1.82) is 0 Å². The number of hydrogen-bond acceptors (Lipinski definition) is 4. The lowest BCUT2D eigenvalue weighted by Gasteiger charge is -2.34. The number of methoxy groups -OCH3 is 1. The Morgan fingerprint density at radius 2 is 1.96 bits per heavy atom. The third kappa shape index (κ3) is 4.24. The second-order valence-corrected chi connectivity index (χ2v) is 6.95. The minimum Gasteiger partial charge on any atom is -0.495 e. The molecule has 1 aromatic carbocycles. The molecule has 142 valence electrons. The first-order valence-corrected chi connectivity index (χ1v) is 8.70. The van der Waals surface area contributed by atoms with Crippen molar-refractivity contribution in [2.75, 3.05) is 45.2 Å². The minimum absolute atomic E-state index is 0.136. The molecule has 1 aromatic rings. The highest BCUT2D eigenvalue weighted by Gasteiger charge is 2.62. The Balaban J connectivity index is 1.48. The maximum Gasteiger partial charge on any atom is 0.260 e. The second-order valence-electron chi connectivity index (χ2n) is 6.51. The molecule has 1 N–H and O–H groups in total. The number of anilines is 1. The van der Waals surface area contributed by atoms with Gasteiger partial charge in [0.25, 0.3) is 5.92 Å². The van der Waals surface area contributed by atoms with Gasteiger partial charge in [-0.3, -0.25) is 14.5 Å². The van der Waals surface area contributed by atoms with Gasteiger partial charge in [-0.2, -0.15) is 0 Å². The van der Waals surface area contributed by atoms with Gasteiger partial charge in [0.15, 0.2) is 0 Å². The highest BCUT2D eigenvalue weighted by atomic mass is 35.5. The molecular formula is C17H20ClF2N3O3. The molecule has 6 nitrogen and oxygen atoms in total. The Morgan fingerprint density at radius 1 is 1.31 bits per heavy atom. The number of nitrogens with one attached hydrogen (secondary N) is 1. The zero-order chi connectivity index (χ0) is 18.9. The number of nitrogens with zero attached hydrogens (tertiary/aromatic N) is 2. The quantitative estimate of drug-likeness (QED) is 0.840. The minimum atomic E-state index is -2.84. The van der Waals surface area contributed by atoms with Crippen LogP contribution in [-0.2, 0) is 9.59 Å². The lowest BCUT2D eigenvalue weighted by molar-refractivity contribution is -0.136. The molecule has 2 fully saturated rings. The van der Waals surface area contributed by atoms with Gasteiger partial charge in [0, 0.05) is 37.6 Å². The molecule has 1 saturated heterocycles. The molecule has 3 rings (SSSR count). The van der Waals surface area contributed by atoms with Crippen molar-refractivity contribution in [2.45, 2.75) is 12.3 Å². The topological polar surface area (TPSA) is 61.9 Å². The van der Waals surface area contributed by atoms with Crippen molar-refractivity contribution in [2.24, 2.45) is 5.92 Å². The van der Waals surface area contributed by atoms with Gasteiger partial charge >= 0.3 is 0 Å². The zero-order valence-electron chi connectivity index (χ0n) is 14.3. The Kier molecular flexibility index (Phi) is 5.34. The normalized spacial score (nSPS) is 22.0. The summed E-state index contributed by atoms with van der Waals surface area (Å²) in [6, 6.07) is 4.93. The smallest absolute Gasteiger partial charge is 0.260 e. The SMILES string of the molecule is COc1ccc(Cl)cc1NC(=O)CN1CCN(C(=O)C2CC2(F)F)CC1. The highest BCUT2D eigenvalue weighted by Crippen LogP contribution is 2.49. The van der Waals surface area contributed by atoms with E-state index in [0.717, 1.165) is 0 Å². The molecule has 1 saturated carbocycles. The molecule has 1 atom stereocenters. The molecule has 0 radical (unpaired) electrons. The van der Waals surface area contributed by atoms with Crippen LogP contribution in [0.5, 0.6) is 5.75 Å². The molecule has 1 heterocycles. The number of benzene rings is 1. The van der Waals surface area contributed by atoms with Gasteiger partial charge in [-0.1, -0.05) is 11.6 Å². The number of piperazine rings is 1. The van der Waals surface area contributed by atoms with E-state index in [-0.39, 0.29) is 18.9 Å². The molecule has 2 aliphatic rings. The van der Waals surface area contributed by atoms with Crippen LogP contribution < -0.4 is 10.1 Å². The number of alkyl halides is 2. The van der Waals surface area contributed by atoms with E-state index in [1.54, 1.807) is 18.2 Å². The van der Waals surface area contributed by atoms with Crippen LogP contribution in [0.3, 0.4) is 0 Å². The van der Waals surface area contributed by atoms with Crippen LogP contribution >= 0.6 is 11.6 Å². The molecule has 2 amide bonds. The van der Waals surface area contributed by atoms with Crippen LogP contribution in [-0.4, -0.2) is 67.4 Å². The van der Waals surface area contributed by atoms with Crippen molar-refractivity contribution >= 4 is 29.1 Å². The van der Waals surface area contributed by atoms with Gasteiger partial charge < -0.3 is 15.0 Å². The van der Waals surface area contributed by atoms with Crippen LogP contribution in [0.25, 0.3) is 0 Å². The number of carbonyl (C=O) groups excluding carboxylic acids is 2. The first-order valence-electron chi connectivity index (χ1n) is 8.32. The van der Waals surface area contributed by atoms with Crippen LogP contribution in [0.2, 0.25) is 5.02 Å². The number of amides is 2. The van der Waals surface area contributed by atoms with E-state index in [9.17, 15) is 18.4 Å². The van der Waals surface area contributed by atoms with Gasteiger partial charge in [0.2, 0.25) is 11.8 Å². The Labute approximate surface area is 155 Å². The predicted molar refractivity (Wildman–Crippen MR) is 92.7 cm³/mol. The second kappa shape index (κ2) is 7.36.